The van der Waals surface area contributed by atoms with E-state index in [-0.39, 0.29) is 5.91 Å². The molecule has 0 radical (unpaired) electrons. The summed E-state index contributed by atoms with van der Waals surface area (Å²) in [7, 11) is 1.88. The number of aromatic nitrogens is 5. The largest absolute Gasteiger partial charge is 0.476 e. The zero-order chi connectivity index (χ0) is 19.3. The van der Waals surface area contributed by atoms with Gasteiger partial charge < -0.3 is 9.64 Å². The summed E-state index contributed by atoms with van der Waals surface area (Å²) in [5.41, 5.74) is 2.54. The van der Waals surface area contributed by atoms with Gasteiger partial charge in [0, 0.05) is 37.8 Å². The highest BCUT2D eigenvalue weighted by Gasteiger charge is 2.47. The SMILES string of the molecule is C=CC(=O)N1C[C@H]2C[C@@H](C1)[C@H]2COc1nc(-c2cnn(C)c2)cn2nccc12. The van der Waals surface area contributed by atoms with Gasteiger partial charge in [0.1, 0.15) is 5.52 Å². The van der Waals surface area contributed by atoms with Crippen LogP contribution in [0.5, 0.6) is 5.88 Å². The molecule has 1 aliphatic carbocycles. The summed E-state index contributed by atoms with van der Waals surface area (Å²) in [4.78, 5) is 18.5. The van der Waals surface area contributed by atoms with Crippen molar-refractivity contribution in [3.8, 4) is 17.1 Å². The smallest absolute Gasteiger partial charge is 0.245 e. The molecule has 0 aromatic carbocycles. The van der Waals surface area contributed by atoms with E-state index < -0.39 is 0 Å². The van der Waals surface area contributed by atoms with Crippen LogP contribution in [-0.2, 0) is 11.8 Å². The second kappa shape index (κ2) is 6.47. The number of rotatable bonds is 5. The quantitative estimate of drug-likeness (QED) is 0.633. The Bertz CT molecular complexity index is 1040. The normalized spacial score (nSPS) is 23.5. The minimum absolute atomic E-state index is 0.0286. The minimum atomic E-state index is 0.0286. The predicted octanol–water partition coefficient (Wildman–Crippen LogP) is 1.79. The van der Waals surface area contributed by atoms with Crippen molar-refractivity contribution < 1.29 is 9.53 Å². The molecule has 5 heterocycles. The fraction of sp³-hybridized carbons (Fsp3) is 0.400. The van der Waals surface area contributed by atoms with Gasteiger partial charge in [-0.1, -0.05) is 6.58 Å². The summed E-state index contributed by atoms with van der Waals surface area (Å²) >= 11 is 0. The summed E-state index contributed by atoms with van der Waals surface area (Å²) in [6.07, 6.45) is 9.90. The molecule has 3 aromatic rings. The molecule has 8 nitrogen and oxygen atoms in total. The van der Waals surface area contributed by atoms with Crippen LogP contribution in [0.1, 0.15) is 6.42 Å². The van der Waals surface area contributed by atoms with Crippen LogP contribution in [-0.4, -0.2) is 54.9 Å². The van der Waals surface area contributed by atoms with E-state index in [2.05, 4.69) is 16.8 Å². The maximum atomic E-state index is 11.9. The highest BCUT2D eigenvalue weighted by molar-refractivity contribution is 5.87. The zero-order valence-corrected chi connectivity index (χ0v) is 15.7. The second-order valence-electron chi connectivity index (χ2n) is 7.67. The van der Waals surface area contributed by atoms with Gasteiger partial charge in [-0.2, -0.15) is 10.2 Å². The van der Waals surface area contributed by atoms with Crippen molar-refractivity contribution in [1.29, 1.82) is 0 Å². The van der Waals surface area contributed by atoms with E-state index in [1.54, 1.807) is 21.6 Å². The van der Waals surface area contributed by atoms with Crippen molar-refractivity contribution in [1.82, 2.24) is 29.3 Å². The number of nitrogens with zero attached hydrogens (tertiary/aromatic N) is 6. The molecule has 3 aromatic heterocycles. The molecular weight excluding hydrogens is 356 g/mol. The molecule has 3 atom stereocenters. The average Bonchev–Trinajstić information content (AvgIpc) is 3.36. The molecule has 3 fully saturated rings. The van der Waals surface area contributed by atoms with Gasteiger partial charge >= 0.3 is 0 Å². The van der Waals surface area contributed by atoms with Crippen LogP contribution in [0.3, 0.4) is 0 Å². The van der Waals surface area contributed by atoms with E-state index in [0.717, 1.165) is 29.9 Å². The first-order valence-electron chi connectivity index (χ1n) is 9.50. The highest BCUT2D eigenvalue weighted by atomic mass is 16.5. The first kappa shape index (κ1) is 17.0. The standard InChI is InChI=1S/C20H22N6O2/c1-3-19(27)25-9-13-6-14(10-25)16(13)12-28-20-18-4-5-21-26(18)11-17(23-20)15-7-22-24(2)8-15/h3-5,7-8,11,13-14,16H,1,6,9-10,12H2,2H3/t13-,14+,16+. The molecule has 0 N–H and O–H groups in total. The van der Waals surface area contributed by atoms with E-state index in [1.165, 1.54) is 12.5 Å². The number of piperidine rings is 2. The molecule has 2 bridgehead atoms. The molecular formula is C20H22N6O2. The van der Waals surface area contributed by atoms with E-state index in [0.29, 0.717) is 30.2 Å². The average molecular weight is 378 g/mol. The van der Waals surface area contributed by atoms with Gasteiger partial charge in [0.25, 0.3) is 0 Å². The monoisotopic (exact) mass is 378 g/mol. The molecule has 8 heteroatoms. The Labute approximate surface area is 162 Å². The Hall–Kier alpha value is -3.16. The van der Waals surface area contributed by atoms with Gasteiger partial charge in [0.05, 0.1) is 30.9 Å². The van der Waals surface area contributed by atoms with E-state index in [4.69, 9.17) is 9.72 Å². The Morgan fingerprint density at radius 1 is 1.32 bits per heavy atom. The van der Waals surface area contributed by atoms with Crippen LogP contribution in [0.15, 0.2) is 43.5 Å². The number of fused-ring (bicyclic) bond motifs is 3. The van der Waals surface area contributed by atoms with Crippen LogP contribution in [0, 0.1) is 17.8 Å². The summed E-state index contributed by atoms with van der Waals surface area (Å²) < 4.78 is 9.72. The Balaban J connectivity index is 1.34. The molecule has 3 aliphatic rings. The van der Waals surface area contributed by atoms with Crippen molar-refractivity contribution in [2.24, 2.45) is 24.8 Å². The minimum Gasteiger partial charge on any atom is -0.476 e. The molecule has 6 rings (SSSR count). The fourth-order valence-electron chi connectivity index (χ4n) is 4.44. The van der Waals surface area contributed by atoms with Crippen LogP contribution >= 0.6 is 0 Å². The number of amides is 1. The first-order valence-corrected chi connectivity index (χ1v) is 9.50. The first-order chi connectivity index (χ1) is 13.6. The van der Waals surface area contributed by atoms with Crippen LogP contribution in [0.25, 0.3) is 16.8 Å². The van der Waals surface area contributed by atoms with Crippen molar-refractivity contribution in [3.05, 3.63) is 43.5 Å². The topological polar surface area (TPSA) is 77.6 Å². The van der Waals surface area contributed by atoms with Gasteiger partial charge in [0.15, 0.2) is 0 Å². The maximum absolute atomic E-state index is 11.9. The lowest BCUT2D eigenvalue weighted by molar-refractivity contribution is -0.138. The Morgan fingerprint density at radius 3 is 2.86 bits per heavy atom. The van der Waals surface area contributed by atoms with Crippen LogP contribution in [0.2, 0.25) is 0 Å². The molecule has 0 spiro atoms. The lowest BCUT2D eigenvalue weighted by atomic mass is 9.62. The summed E-state index contributed by atoms with van der Waals surface area (Å²) in [6, 6.07) is 1.90. The molecule has 1 saturated carbocycles. The number of carbonyl (C=O) groups excluding carboxylic acids is 1. The number of hydrogen-bond acceptors (Lipinski definition) is 5. The van der Waals surface area contributed by atoms with Gasteiger partial charge in [0.2, 0.25) is 11.8 Å². The van der Waals surface area contributed by atoms with Gasteiger partial charge in [-0.05, 0) is 30.4 Å². The molecule has 2 aliphatic heterocycles. The number of hydrogen-bond donors (Lipinski definition) is 0. The van der Waals surface area contributed by atoms with Crippen LogP contribution < -0.4 is 4.74 Å². The fourth-order valence-corrected chi connectivity index (χ4v) is 4.44. The summed E-state index contributed by atoms with van der Waals surface area (Å²) in [6.45, 7) is 5.78. The third-order valence-corrected chi connectivity index (χ3v) is 5.98. The molecule has 144 valence electrons. The van der Waals surface area contributed by atoms with Gasteiger partial charge in [-0.15, -0.1) is 0 Å². The van der Waals surface area contributed by atoms with Crippen molar-refractivity contribution >= 4 is 11.4 Å². The predicted molar refractivity (Wildman–Crippen MR) is 103 cm³/mol. The van der Waals surface area contributed by atoms with Gasteiger partial charge in [-0.25, -0.2) is 9.50 Å². The number of carbonyl (C=O) groups is 1. The summed E-state index contributed by atoms with van der Waals surface area (Å²) in [5, 5.41) is 8.57. The zero-order valence-electron chi connectivity index (χ0n) is 15.7. The van der Waals surface area contributed by atoms with E-state index in [9.17, 15) is 4.79 Å². The van der Waals surface area contributed by atoms with Crippen molar-refractivity contribution in [3.63, 3.8) is 0 Å². The lowest BCUT2D eigenvalue weighted by Gasteiger charge is -2.53. The molecule has 28 heavy (non-hydrogen) atoms. The van der Waals surface area contributed by atoms with Crippen LogP contribution in [0.4, 0.5) is 0 Å². The Kier molecular flexibility index (Phi) is 3.92. The van der Waals surface area contributed by atoms with Gasteiger partial charge in [-0.3, -0.25) is 9.48 Å². The number of ether oxygens (including phenoxy) is 1. The number of aryl methyl sites for hydroxylation is 1. The molecule has 0 unspecified atom stereocenters. The maximum Gasteiger partial charge on any atom is 0.245 e. The third-order valence-electron chi connectivity index (χ3n) is 5.98. The molecule has 1 amide bonds. The molecule has 2 saturated heterocycles. The Morgan fingerprint density at radius 2 is 2.14 bits per heavy atom. The van der Waals surface area contributed by atoms with E-state index >= 15 is 0 Å². The van der Waals surface area contributed by atoms with Crippen molar-refractivity contribution in [2.45, 2.75) is 6.42 Å². The highest BCUT2D eigenvalue weighted by Crippen LogP contribution is 2.45. The second-order valence-corrected chi connectivity index (χ2v) is 7.67. The lowest BCUT2D eigenvalue weighted by Crippen LogP contribution is -2.57. The van der Waals surface area contributed by atoms with E-state index in [1.807, 2.05) is 30.4 Å². The van der Waals surface area contributed by atoms with Crippen molar-refractivity contribution in [2.75, 3.05) is 19.7 Å². The third kappa shape index (κ3) is 2.76. The summed E-state index contributed by atoms with van der Waals surface area (Å²) in [5.74, 6) is 2.06.